The van der Waals surface area contributed by atoms with Crippen molar-refractivity contribution in [2.45, 2.75) is 25.0 Å². The van der Waals surface area contributed by atoms with Crippen LogP contribution in [0.15, 0.2) is 141 Å². The van der Waals surface area contributed by atoms with Crippen molar-refractivity contribution in [3.63, 3.8) is 0 Å². The summed E-state index contributed by atoms with van der Waals surface area (Å²) in [5.74, 6) is -1.18. The van der Waals surface area contributed by atoms with Gasteiger partial charge in [0, 0.05) is 24.3 Å². The third-order valence-electron chi connectivity index (χ3n) is 9.36. The molecule has 5 aromatic carbocycles. The fraction of sp³-hybridized carbons (Fsp3) is 0.0952. The number of aromatic amines is 2. The van der Waals surface area contributed by atoms with Crippen LogP contribution in [0, 0.1) is 20.2 Å². The van der Waals surface area contributed by atoms with Gasteiger partial charge in [-0.25, -0.2) is 20.8 Å². The summed E-state index contributed by atoms with van der Waals surface area (Å²) >= 11 is 0. The SMILES string of the molecule is O=C(Cc1ccccc1)N/N=C(\c1nc2ccc([N+](=O)[O-])cc2[nH]c1=O)C(O)c1ccc(C(O)/C(=N/NC(=O)Cc2ccccc2)c2nc3ccc([N+](=O)[O-])cc3[nH]c2=O)cc1. The minimum absolute atomic E-state index is 0.0306. The highest BCUT2D eigenvalue weighted by molar-refractivity contribution is 6.05. The van der Waals surface area contributed by atoms with Crippen molar-refractivity contribution in [2.24, 2.45) is 10.2 Å². The predicted octanol–water partition coefficient (Wildman–Crippen LogP) is 3.57. The Morgan fingerprint density at radius 1 is 0.597 bits per heavy atom. The van der Waals surface area contributed by atoms with E-state index >= 15 is 0 Å². The maximum absolute atomic E-state index is 13.4. The zero-order valence-electron chi connectivity index (χ0n) is 32.0. The van der Waals surface area contributed by atoms with Crippen LogP contribution >= 0.6 is 0 Å². The van der Waals surface area contributed by atoms with Gasteiger partial charge in [-0.1, -0.05) is 84.9 Å². The van der Waals surface area contributed by atoms with Gasteiger partial charge in [0.1, 0.15) is 23.6 Å². The van der Waals surface area contributed by atoms with E-state index < -0.39 is 67.8 Å². The number of rotatable bonds is 14. The first-order chi connectivity index (χ1) is 29.8. The van der Waals surface area contributed by atoms with Gasteiger partial charge in [0.05, 0.1) is 44.8 Å². The second-order valence-electron chi connectivity index (χ2n) is 13.6. The van der Waals surface area contributed by atoms with Crippen molar-refractivity contribution < 1.29 is 29.6 Å². The molecule has 0 bridgehead atoms. The summed E-state index contributed by atoms with van der Waals surface area (Å²) in [4.78, 5) is 87.8. The number of nitro groups is 2. The Hall–Kier alpha value is -8.62. The van der Waals surface area contributed by atoms with Crippen LogP contribution < -0.4 is 22.0 Å². The van der Waals surface area contributed by atoms with Crippen LogP contribution in [0.5, 0.6) is 0 Å². The van der Waals surface area contributed by atoms with E-state index in [1.807, 2.05) is 0 Å². The Bertz CT molecular complexity index is 2840. The second-order valence-corrected chi connectivity index (χ2v) is 13.6. The van der Waals surface area contributed by atoms with Crippen LogP contribution in [-0.4, -0.2) is 63.2 Å². The van der Waals surface area contributed by atoms with Gasteiger partial charge in [0.25, 0.3) is 22.5 Å². The van der Waals surface area contributed by atoms with Crippen molar-refractivity contribution in [3.05, 3.63) is 196 Å². The van der Waals surface area contributed by atoms with Crippen LogP contribution in [0.2, 0.25) is 0 Å². The van der Waals surface area contributed by atoms with Gasteiger partial charge in [-0.05, 0) is 34.4 Å². The largest absolute Gasteiger partial charge is 0.382 e. The number of fused-ring (bicyclic) bond motifs is 2. The molecule has 2 atom stereocenters. The molecule has 7 aromatic rings. The fourth-order valence-corrected chi connectivity index (χ4v) is 6.27. The molecule has 0 fully saturated rings. The maximum atomic E-state index is 13.4. The first-order valence-corrected chi connectivity index (χ1v) is 18.5. The summed E-state index contributed by atoms with van der Waals surface area (Å²) in [7, 11) is 0. The van der Waals surface area contributed by atoms with Crippen LogP contribution in [0.4, 0.5) is 11.4 Å². The molecule has 2 aromatic heterocycles. The lowest BCUT2D eigenvalue weighted by molar-refractivity contribution is -0.384. The van der Waals surface area contributed by atoms with Crippen molar-refractivity contribution >= 4 is 56.7 Å². The molecule has 0 saturated heterocycles. The molecule has 2 unspecified atom stereocenters. The Kier molecular flexibility index (Phi) is 12.1. The number of nitro benzene ring substituents is 2. The van der Waals surface area contributed by atoms with Gasteiger partial charge in [-0.3, -0.25) is 39.4 Å². The highest BCUT2D eigenvalue weighted by Gasteiger charge is 2.27. The number of hydrazone groups is 2. The first kappa shape index (κ1) is 41.5. The van der Waals surface area contributed by atoms with Crippen LogP contribution in [0.25, 0.3) is 22.1 Å². The first-order valence-electron chi connectivity index (χ1n) is 18.5. The molecule has 20 nitrogen and oxygen atoms in total. The van der Waals surface area contributed by atoms with Gasteiger partial charge >= 0.3 is 0 Å². The van der Waals surface area contributed by atoms with Gasteiger partial charge in [-0.2, -0.15) is 10.2 Å². The molecule has 0 spiro atoms. The summed E-state index contributed by atoms with van der Waals surface area (Å²) in [5.41, 5.74) is 2.42. The van der Waals surface area contributed by atoms with E-state index in [4.69, 9.17) is 0 Å². The van der Waals surface area contributed by atoms with Crippen molar-refractivity contribution in [2.75, 3.05) is 0 Å². The number of nitrogens with zero attached hydrogens (tertiary/aromatic N) is 6. The van der Waals surface area contributed by atoms with E-state index in [0.29, 0.717) is 11.1 Å². The number of non-ortho nitro benzene ring substituents is 2. The van der Waals surface area contributed by atoms with E-state index in [0.717, 1.165) is 12.1 Å². The third-order valence-corrected chi connectivity index (χ3v) is 9.36. The normalized spacial score (nSPS) is 12.7. The lowest BCUT2D eigenvalue weighted by atomic mass is 9.97. The van der Waals surface area contributed by atoms with E-state index in [9.17, 15) is 49.6 Å². The third kappa shape index (κ3) is 9.47. The molecule has 0 aliphatic heterocycles. The number of hydrogen-bond acceptors (Lipinski definition) is 14. The van der Waals surface area contributed by atoms with E-state index in [1.165, 1.54) is 48.5 Å². The smallest absolute Gasteiger partial charge is 0.276 e. The number of benzene rings is 5. The van der Waals surface area contributed by atoms with Crippen molar-refractivity contribution in [1.29, 1.82) is 0 Å². The molecular weight excluding hydrogens is 805 g/mol. The molecule has 62 heavy (non-hydrogen) atoms. The van der Waals surface area contributed by atoms with Crippen molar-refractivity contribution in [1.82, 2.24) is 30.8 Å². The molecule has 0 radical (unpaired) electrons. The summed E-state index contributed by atoms with van der Waals surface area (Å²) in [5, 5.41) is 54.4. The van der Waals surface area contributed by atoms with E-state index in [-0.39, 0.29) is 57.4 Å². The number of hydrogen-bond donors (Lipinski definition) is 6. The maximum Gasteiger partial charge on any atom is 0.276 e. The summed E-state index contributed by atoms with van der Waals surface area (Å²) in [6, 6.07) is 30.0. The molecule has 0 aliphatic rings. The number of carbonyl (C=O) groups is 2. The van der Waals surface area contributed by atoms with E-state index in [1.54, 1.807) is 60.7 Å². The number of H-pyrrole nitrogens is 2. The number of nitrogens with one attached hydrogen (secondary N) is 4. The highest BCUT2D eigenvalue weighted by Crippen LogP contribution is 2.25. The minimum atomic E-state index is -1.75. The monoisotopic (exact) mass is 836 g/mol. The molecule has 6 N–H and O–H groups in total. The Morgan fingerprint density at radius 3 is 1.32 bits per heavy atom. The van der Waals surface area contributed by atoms with Crippen LogP contribution in [0.1, 0.15) is 45.8 Å². The molecule has 2 heterocycles. The molecule has 0 aliphatic carbocycles. The fourth-order valence-electron chi connectivity index (χ4n) is 6.27. The number of carbonyl (C=O) groups excluding carboxylic acids is 2. The zero-order valence-corrected chi connectivity index (χ0v) is 32.0. The van der Waals surface area contributed by atoms with Crippen LogP contribution in [-0.2, 0) is 22.4 Å². The Morgan fingerprint density at radius 2 is 0.968 bits per heavy atom. The minimum Gasteiger partial charge on any atom is -0.382 e. The summed E-state index contributed by atoms with van der Waals surface area (Å²) in [6.07, 6.45) is -3.70. The predicted molar refractivity (Wildman–Crippen MR) is 224 cm³/mol. The average molecular weight is 837 g/mol. The van der Waals surface area contributed by atoms with Gasteiger partial charge in [0.15, 0.2) is 11.4 Å². The zero-order chi connectivity index (χ0) is 43.9. The summed E-state index contributed by atoms with van der Waals surface area (Å²) < 4.78 is 0. The molecule has 20 heteroatoms. The second kappa shape index (κ2) is 18.1. The quantitative estimate of drug-likeness (QED) is 0.0521. The van der Waals surface area contributed by atoms with Crippen molar-refractivity contribution in [3.8, 4) is 0 Å². The summed E-state index contributed by atoms with van der Waals surface area (Å²) in [6.45, 7) is 0. The molecule has 0 saturated carbocycles. The topological polar surface area (TPSA) is 301 Å². The standard InChI is InChI=1S/C42H32N10O10/c53-33(19-23-7-3-1-4-8-23)47-49-35(37-41(57)45-31-21-27(51(59)60)15-17-29(31)43-37)39(55)25-11-13-26(14-12-25)40(56)36(50-48-34(54)20-24-9-5-2-6-10-24)38-42(58)46-32-22-28(52(61)62)16-18-30(32)44-38/h1-18,21-22,39-40,55-56H,19-20H2,(H,45,57)(H,46,58)(H,47,53)(H,48,54)/b49-35+,50-36+. The molecular formula is C42H32N10O10. The highest BCUT2D eigenvalue weighted by atomic mass is 16.6. The van der Waals surface area contributed by atoms with Gasteiger partial charge in [-0.15, -0.1) is 0 Å². The number of aliphatic hydroxyl groups excluding tert-OH is 2. The number of amides is 2. The van der Waals surface area contributed by atoms with Gasteiger partial charge < -0.3 is 20.2 Å². The van der Waals surface area contributed by atoms with Gasteiger partial charge in [0.2, 0.25) is 11.8 Å². The Balaban J connectivity index is 1.23. The number of aliphatic hydroxyl groups is 2. The molecule has 310 valence electrons. The molecule has 2 amide bonds. The lowest BCUT2D eigenvalue weighted by Crippen LogP contribution is -2.30. The number of aromatic nitrogens is 4. The average Bonchev–Trinajstić information content (AvgIpc) is 3.26. The molecule has 7 rings (SSSR count). The van der Waals surface area contributed by atoms with E-state index in [2.05, 4.69) is 41.0 Å². The lowest BCUT2D eigenvalue weighted by Gasteiger charge is -2.17. The van der Waals surface area contributed by atoms with Crippen LogP contribution in [0.3, 0.4) is 0 Å². The Labute approximate surface area is 347 Å².